The molecule has 2 aliphatic heterocycles. The molecule has 0 saturated carbocycles. The lowest BCUT2D eigenvalue weighted by atomic mass is 10.1. The molecule has 4 nitrogen and oxygen atoms in total. The molecule has 2 saturated heterocycles. The molecule has 2 aliphatic rings. The molecule has 2 amide bonds. The number of amides is 2. The molecular weight excluding hydrogens is 262 g/mol. The van der Waals surface area contributed by atoms with Gasteiger partial charge in [-0.15, -0.1) is 0 Å². The van der Waals surface area contributed by atoms with Gasteiger partial charge in [0.25, 0.3) is 0 Å². The quantitative estimate of drug-likeness (QED) is 0.922. The number of rotatable bonds is 4. The minimum atomic E-state index is 0.224. The van der Waals surface area contributed by atoms with Crippen LogP contribution in [0.3, 0.4) is 0 Å². The monoisotopic (exact) mass is 287 g/mol. The minimum Gasteiger partial charge on any atom is -0.320 e. The fraction of sp³-hybridized carbons (Fsp3) is 0.588. The number of hydrogen-bond donors (Lipinski definition) is 1. The van der Waals surface area contributed by atoms with Crippen molar-refractivity contribution in [2.75, 3.05) is 26.2 Å². The Bertz CT molecular complexity index is 479. The SMILES string of the molecule is CCc1ccc(CN2CCN(C3CCNCC3)C2=O)cc1. The van der Waals surface area contributed by atoms with E-state index in [0.717, 1.165) is 52.0 Å². The molecule has 4 heteroatoms. The second kappa shape index (κ2) is 6.48. The first-order valence-corrected chi connectivity index (χ1v) is 8.12. The van der Waals surface area contributed by atoms with Gasteiger partial charge in [0.2, 0.25) is 0 Å². The van der Waals surface area contributed by atoms with Crippen molar-refractivity contribution in [2.24, 2.45) is 0 Å². The van der Waals surface area contributed by atoms with E-state index in [1.54, 1.807) is 0 Å². The summed E-state index contributed by atoms with van der Waals surface area (Å²) in [5, 5.41) is 3.36. The Hall–Kier alpha value is -1.55. The Morgan fingerprint density at radius 2 is 1.76 bits per heavy atom. The average molecular weight is 287 g/mol. The first-order valence-electron chi connectivity index (χ1n) is 8.12. The Morgan fingerprint density at radius 3 is 2.43 bits per heavy atom. The molecule has 0 aliphatic carbocycles. The zero-order valence-corrected chi connectivity index (χ0v) is 12.8. The molecule has 2 fully saturated rings. The number of piperidine rings is 1. The van der Waals surface area contributed by atoms with E-state index in [1.807, 2.05) is 4.90 Å². The van der Waals surface area contributed by atoms with E-state index in [9.17, 15) is 4.79 Å². The number of carbonyl (C=O) groups is 1. The fourth-order valence-corrected chi connectivity index (χ4v) is 3.31. The molecule has 21 heavy (non-hydrogen) atoms. The topological polar surface area (TPSA) is 35.6 Å². The predicted molar refractivity (Wildman–Crippen MR) is 84.2 cm³/mol. The van der Waals surface area contributed by atoms with Crippen LogP contribution in [0, 0.1) is 0 Å². The van der Waals surface area contributed by atoms with Crippen LogP contribution in [-0.4, -0.2) is 48.1 Å². The van der Waals surface area contributed by atoms with Crippen LogP contribution in [-0.2, 0) is 13.0 Å². The van der Waals surface area contributed by atoms with Crippen molar-refractivity contribution in [3.8, 4) is 0 Å². The van der Waals surface area contributed by atoms with Gasteiger partial charge in [-0.1, -0.05) is 31.2 Å². The maximum Gasteiger partial charge on any atom is 0.320 e. The Labute approximate surface area is 127 Å². The lowest BCUT2D eigenvalue weighted by Crippen LogP contribution is -2.45. The highest BCUT2D eigenvalue weighted by Crippen LogP contribution is 2.20. The van der Waals surface area contributed by atoms with E-state index in [-0.39, 0.29) is 6.03 Å². The van der Waals surface area contributed by atoms with Crippen LogP contribution in [0.4, 0.5) is 4.79 Å². The molecule has 0 aromatic heterocycles. The molecule has 2 heterocycles. The van der Waals surface area contributed by atoms with Crippen LogP contribution >= 0.6 is 0 Å². The molecule has 0 atom stereocenters. The largest absolute Gasteiger partial charge is 0.320 e. The van der Waals surface area contributed by atoms with Crippen molar-refractivity contribution in [2.45, 2.75) is 38.8 Å². The first kappa shape index (κ1) is 14.4. The van der Waals surface area contributed by atoms with Crippen LogP contribution in [0.2, 0.25) is 0 Å². The van der Waals surface area contributed by atoms with Gasteiger partial charge in [-0.3, -0.25) is 0 Å². The van der Waals surface area contributed by atoms with E-state index in [4.69, 9.17) is 0 Å². The zero-order chi connectivity index (χ0) is 14.7. The van der Waals surface area contributed by atoms with Gasteiger partial charge in [0.15, 0.2) is 0 Å². The summed E-state index contributed by atoms with van der Waals surface area (Å²) in [7, 11) is 0. The second-order valence-corrected chi connectivity index (χ2v) is 6.05. The van der Waals surface area contributed by atoms with Crippen molar-refractivity contribution in [3.63, 3.8) is 0 Å². The summed E-state index contributed by atoms with van der Waals surface area (Å²) in [6, 6.07) is 9.30. The molecule has 0 radical (unpaired) electrons. The smallest absolute Gasteiger partial charge is 0.320 e. The number of benzene rings is 1. The number of carbonyl (C=O) groups excluding carboxylic acids is 1. The third-order valence-corrected chi connectivity index (χ3v) is 4.68. The molecular formula is C17H25N3O. The van der Waals surface area contributed by atoms with Gasteiger partial charge in [-0.05, 0) is 43.5 Å². The molecule has 0 bridgehead atoms. The summed E-state index contributed by atoms with van der Waals surface area (Å²) in [5.41, 5.74) is 2.58. The summed E-state index contributed by atoms with van der Waals surface area (Å²) in [4.78, 5) is 16.6. The van der Waals surface area contributed by atoms with E-state index in [2.05, 4.69) is 41.4 Å². The van der Waals surface area contributed by atoms with E-state index in [0.29, 0.717) is 6.04 Å². The van der Waals surface area contributed by atoms with E-state index >= 15 is 0 Å². The third-order valence-electron chi connectivity index (χ3n) is 4.68. The van der Waals surface area contributed by atoms with Gasteiger partial charge in [0, 0.05) is 25.7 Å². The molecule has 1 aromatic carbocycles. The number of nitrogens with one attached hydrogen (secondary N) is 1. The van der Waals surface area contributed by atoms with Crippen molar-refractivity contribution < 1.29 is 4.79 Å². The normalized spacial score (nSPS) is 20.3. The molecule has 0 spiro atoms. The summed E-state index contributed by atoms with van der Waals surface area (Å²) in [6.45, 7) is 6.72. The van der Waals surface area contributed by atoms with Crippen LogP contribution < -0.4 is 5.32 Å². The van der Waals surface area contributed by atoms with Crippen molar-refractivity contribution >= 4 is 6.03 Å². The van der Waals surface area contributed by atoms with Gasteiger partial charge >= 0.3 is 6.03 Å². The lowest BCUT2D eigenvalue weighted by molar-refractivity contribution is 0.165. The molecule has 1 N–H and O–H groups in total. The first-order chi connectivity index (χ1) is 10.3. The van der Waals surface area contributed by atoms with Crippen LogP contribution in [0.1, 0.15) is 30.9 Å². The molecule has 0 unspecified atom stereocenters. The Morgan fingerprint density at radius 1 is 1.10 bits per heavy atom. The van der Waals surface area contributed by atoms with Gasteiger partial charge in [-0.25, -0.2) is 4.79 Å². The number of hydrogen-bond acceptors (Lipinski definition) is 2. The summed E-state index contributed by atoms with van der Waals surface area (Å²) >= 11 is 0. The highest BCUT2D eigenvalue weighted by atomic mass is 16.2. The minimum absolute atomic E-state index is 0.224. The van der Waals surface area contributed by atoms with Crippen molar-refractivity contribution in [3.05, 3.63) is 35.4 Å². The summed E-state index contributed by atoms with van der Waals surface area (Å²) in [6.07, 6.45) is 3.24. The fourth-order valence-electron chi connectivity index (χ4n) is 3.31. The maximum atomic E-state index is 12.6. The van der Waals surface area contributed by atoms with E-state index < -0.39 is 0 Å². The second-order valence-electron chi connectivity index (χ2n) is 6.05. The van der Waals surface area contributed by atoms with E-state index in [1.165, 1.54) is 11.1 Å². The summed E-state index contributed by atoms with van der Waals surface area (Å²) < 4.78 is 0. The average Bonchev–Trinajstić information content (AvgIpc) is 2.90. The molecule has 114 valence electrons. The number of aryl methyl sites for hydroxylation is 1. The Balaban J connectivity index is 1.60. The standard InChI is InChI=1S/C17H25N3O/c1-2-14-3-5-15(6-4-14)13-19-11-12-20(17(19)21)16-7-9-18-10-8-16/h3-6,16,18H,2,7-13H2,1H3. The van der Waals surface area contributed by atoms with Crippen molar-refractivity contribution in [1.82, 2.24) is 15.1 Å². The summed E-state index contributed by atoms with van der Waals surface area (Å²) in [5.74, 6) is 0. The Kier molecular flexibility index (Phi) is 4.44. The van der Waals surface area contributed by atoms with Crippen LogP contribution in [0.5, 0.6) is 0 Å². The molecule has 1 aromatic rings. The van der Waals surface area contributed by atoms with Gasteiger partial charge in [-0.2, -0.15) is 0 Å². The maximum absolute atomic E-state index is 12.6. The van der Waals surface area contributed by atoms with Gasteiger partial charge < -0.3 is 15.1 Å². The molecule has 3 rings (SSSR count). The van der Waals surface area contributed by atoms with Gasteiger partial charge in [0.1, 0.15) is 0 Å². The third kappa shape index (κ3) is 3.21. The van der Waals surface area contributed by atoms with Crippen LogP contribution in [0.15, 0.2) is 24.3 Å². The highest BCUT2D eigenvalue weighted by Gasteiger charge is 2.33. The zero-order valence-electron chi connectivity index (χ0n) is 12.8. The lowest BCUT2D eigenvalue weighted by Gasteiger charge is -2.31. The van der Waals surface area contributed by atoms with Crippen LogP contribution in [0.25, 0.3) is 0 Å². The van der Waals surface area contributed by atoms with Crippen molar-refractivity contribution in [1.29, 1.82) is 0 Å². The predicted octanol–water partition coefficient (Wildman–Crippen LogP) is 2.24. The highest BCUT2D eigenvalue weighted by molar-refractivity contribution is 5.77. The number of nitrogens with zero attached hydrogens (tertiary/aromatic N) is 2. The number of urea groups is 1. The van der Waals surface area contributed by atoms with Gasteiger partial charge in [0.05, 0.1) is 0 Å².